The van der Waals surface area contributed by atoms with Crippen molar-refractivity contribution in [2.75, 3.05) is 20.6 Å². The fourth-order valence-corrected chi connectivity index (χ4v) is 4.80. The zero-order valence-electron chi connectivity index (χ0n) is 16.3. The molecule has 1 amide bonds. The van der Waals surface area contributed by atoms with Gasteiger partial charge in [-0.25, -0.2) is 4.68 Å². The van der Waals surface area contributed by atoms with Crippen LogP contribution < -0.4 is 5.32 Å². The Morgan fingerprint density at radius 2 is 1.83 bits per heavy atom. The van der Waals surface area contributed by atoms with E-state index in [1.807, 2.05) is 74.2 Å². The molecule has 1 aromatic carbocycles. The summed E-state index contributed by atoms with van der Waals surface area (Å²) in [6.07, 6.45) is 1.82. The molecule has 5 nitrogen and oxygen atoms in total. The minimum Gasteiger partial charge on any atom is -0.350 e. The van der Waals surface area contributed by atoms with Gasteiger partial charge in [-0.3, -0.25) is 4.79 Å². The molecule has 0 saturated heterocycles. The van der Waals surface area contributed by atoms with Gasteiger partial charge in [0.2, 0.25) is 0 Å². The second-order valence-electron chi connectivity index (χ2n) is 6.85. The fourth-order valence-electron chi connectivity index (χ4n) is 3.15. The minimum atomic E-state index is -0.112. The van der Waals surface area contributed by atoms with Crippen LogP contribution in [0.3, 0.4) is 0 Å². The molecule has 7 heteroatoms. The quantitative estimate of drug-likeness (QED) is 0.470. The van der Waals surface area contributed by atoms with Gasteiger partial charge in [0.15, 0.2) is 0 Å². The number of carbonyl (C=O) groups is 1. The maximum absolute atomic E-state index is 13.1. The van der Waals surface area contributed by atoms with E-state index in [4.69, 9.17) is 5.10 Å². The summed E-state index contributed by atoms with van der Waals surface area (Å²) in [5.41, 5.74) is 2.22. The third-order valence-electron chi connectivity index (χ3n) is 4.69. The van der Waals surface area contributed by atoms with Gasteiger partial charge in [-0.2, -0.15) is 5.10 Å². The highest BCUT2D eigenvalue weighted by molar-refractivity contribution is 7.13. The molecule has 0 radical (unpaired) electrons. The summed E-state index contributed by atoms with van der Waals surface area (Å²) in [6.45, 7) is 0.534. The van der Waals surface area contributed by atoms with Gasteiger partial charge < -0.3 is 10.2 Å². The molecule has 3 aromatic heterocycles. The number of para-hydroxylation sites is 1. The fraction of sp³-hybridized carbons (Fsp3) is 0.182. The monoisotopic (exact) mass is 422 g/mol. The lowest BCUT2D eigenvalue weighted by Gasteiger charge is -2.23. The number of nitrogens with zero attached hydrogens (tertiary/aromatic N) is 3. The van der Waals surface area contributed by atoms with Gasteiger partial charge in [0, 0.05) is 17.6 Å². The highest BCUT2D eigenvalue weighted by atomic mass is 32.1. The van der Waals surface area contributed by atoms with Crippen LogP contribution in [0.4, 0.5) is 0 Å². The lowest BCUT2D eigenvalue weighted by molar-refractivity contribution is 0.0943. The van der Waals surface area contributed by atoms with Crippen LogP contribution in [0.2, 0.25) is 0 Å². The van der Waals surface area contributed by atoms with Crippen LogP contribution in [0.5, 0.6) is 0 Å². The molecule has 1 atom stereocenters. The summed E-state index contributed by atoms with van der Waals surface area (Å²) >= 11 is 3.28. The summed E-state index contributed by atoms with van der Waals surface area (Å²) in [5, 5.41) is 11.9. The number of amides is 1. The second kappa shape index (κ2) is 8.73. The molecule has 0 saturated carbocycles. The molecule has 0 aliphatic heterocycles. The Hall–Kier alpha value is -2.74. The van der Waals surface area contributed by atoms with Crippen molar-refractivity contribution in [3.8, 4) is 16.3 Å². The van der Waals surface area contributed by atoms with Crippen LogP contribution in [0.25, 0.3) is 16.3 Å². The molecule has 0 bridgehead atoms. The summed E-state index contributed by atoms with van der Waals surface area (Å²) in [7, 11) is 4.06. The van der Waals surface area contributed by atoms with Crippen LogP contribution in [0.15, 0.2) is 71.6 Å². The van der Waals surface area contributed by atoms with Crippen molar-refractivity contribution >= 4 is 28.6 Å². The summed E-state index contributed by atoms with van der Waals surface area (Å²) in [5.74, 6) is -0.112. The summed E-state index contributed by atoms with van der Waals surface area (Å²) < 4.78 is 1.77. The first kappa shape index (κ1) is 19.6. The maximum atomic E-state index is 13.1. The first-order chi connectivity index (χ1) is 14.1. The van der Waals surface area contributed by atoms with Gasteiger partial charge in [0.05, 0.1) is 22.2 Å². The molecule has 148 valence electrons. The van der Waals surface area contributed by atoms with Crippen molar-refractivity contribution in [3.63, 3.8) is 0 Å². The molecular formula is C22H22N4OS2. The topological polar surface area (TPSA) is 50.2 Å². The van der Waals surface area contributed by atoms with E-state index in [0.717, 1.165) is 10.6 Å². The van der Waals surface area contributed by atoms with Gasteiger partial charge in [-0.1, -0.05) is 30.3 Å². The number of thiophene rings is 2. The normalized spacial score (nSPS) is 12.2. The van der Waals surface area contributed by atoms with Crippen LogP contribution in [-0.2, 0) is 0 Å². The number of aromatic nitrogens is 2. The summed E-state index contributed by atoms with van der Waals surface area (Å²) in [6, 6.07) is 18.1. The molecule has 1 N–H and O–H groups in total. The second-order valence-corrected chi connectivity index (χ2v) is 8.78. The average molecular weight is 423 g/mol. The first-order valence-electron chi connectivity index (χ1n) is 9.30. The number of likely N-dealkylation sites (N-methyl/N-ethyl adjacent to an activating group) is 1. The predicted octanol–water partition coefficient (Wildman–Crippen LogP) is 4.70. The minimum absolute atomic E-state index is 0.112. The molecule has 4 rings (SSSR count). The van der Waals surface area contributed by atoms with Crippen molar-refractivity contribution in [3.05, 3.63) is 82.0 Å². The van der Waals surface area contributed by atoms with Crippen LogP contribution >= 0.6 is 22.7 Å². The van der Waals surface area contributed by atoms with E-state index in [-0.39, 0.29) is 11.9 Å². The van der Waals surface area contributed by atoms with Crippen molar-refractivity contribution in [2.45, 2.75) is 6.04 Å². The molecular weight excluding hydrogens is 400 g/mol. The van der Waals surface area contributed by atoms with Gasteiger partial charge >= 0.3 is 0 Å². The molecule has 0 fully saturated rings. The van der Waals surface area contributed by atoms with Crippen LogP contribution in [0.1, 0.15) is 21.3 Å². The number of rotatable bonds is 7. The highest BCUT2D eigenvalue weighted by Gasteiger charge is 2.22. The Bertz CT molecular complexity index is 1050. The number of hydrogen-bond acceptors (Lipinski definition) is 5. The first-order valence-corrected chi connectivity index (χ1v) is 11.1. The number of carbonyl (C=O) groups excluding carboxylic acids is 1. The third kappa shape index (κ3) is 4.32. The Morgan fingerprint density at radius 3 is 2.48 bits per heavy atom. The zero-order valence-corrected chi connectivity index (χ0v) is 17.9. The van der Waals surface area contributed by atoms with E-state index in [0.29, 0.717) is 17.8 Å². The van der Waals surface area contributed by atoms with Crippen molar-refractivity contribution < 1.29 is 4.79 Å². The Kier molecular flexibility index (Phi) is 5.89. The lowest BCUT2D eigenvalue weighted by atomic mass is 10.2. The van der Waals surface area contributed by atoms with E-state index in [9.17, 15) is 4.79 Å². The van der Waals surface area contributed by atoms with E-state index in [1.54, 1.807) is 27.4 Å². The lowest BCUT2D eigenvalue weighted by Crippen LogP contribution is -2.34. The molecule has 0 aliphatic carbocycles. The smallest absolute Gasteiger partial charge is 0.255 e. The van der Waals surface area contributed by atoms with E-state index in [1.165, 1.54) is 4.88 Å². The van der Waals surface area contributed by atoms with E-state index < -0.39 is 0 Å². The molecule has 0 aliphatic rings. The average Bonchev–Trinajstić information content (AvgIpc) is 3.49. The standard InChI is InChI=1S/C22H22N4OS2/c1-25(2)18(19-10-6-12-28-19)14-23-22(27)17-15-26(16-8-4-3-5-9-16)24-21(17)20-11-7-13-29-20/h3-13,15,18H,14H2,1-2H3,(H,23,27). The maximum Gasteiger partial charge on any atom is 0.255 e. The predicted molar refractivity (Wildman–Crippen MR) is 120 cm³/mol. The molecule has 4 aromatic rings. The SMILES string of the molecule is CN(C)C(CNC(=O)c1cn(-c2ccccc2)nc1-c1cccs1)c1cccs1. The van der Waals surface area contributed by atoms with Gasteiger partial charge in [-0.05, 0) is 49.1 Å². The highest BCUT2D eigenvalue weighted by Crippen LogP contribution is 2.28. The van der Waals surface area contributed by atoms with Gasteiger partial charge in [0.25, 0.3) is 5.91 Å². The Balaban J connectivity index is 1.61. The van der Waals surface area contributed by atoms with Crippen molar-refractivity contribution in [1.82, 2.24) is 20.0 Å². The number of nitrogens with one attached hydrogen (secondary N) is 1. The third-order valence-corrected chi connectivity index (χ3v) is 6.54. The van der Waals surface area contributed by atoms with Gasteiger partial charge in [0.1, 0.15) is 5.69 Å². The van der Waals surface area contributed by atoms with Gasteiger partial charge in [-0.15, -0.1) is 22.7 Å². The number of hydrogen-bond donors (Lipinski definition) is 1. The molecule has 29 heavy (non-hydrogen) atoms. The number of benzene rings is 1. The molecule has 0 spiro atoms. The Morgan fingerprint density at radius 1 is 1.07 bits per heavy atom. The van der Waals surface area contributed by atoms with E-state index in [2.05, 4.69) is 21.7 Å². The van der Waals surface area contributed by atoms with Crippen molar-refractivity contribution in [2.24, 2.45) is 0 Å². The summed E-state index contributed by atoms with van der Waals surface area (Å²) in [4.78, 5) is 17.5. The Labute approximate surface area is 178 Å². The van der Waals surface area contributed by atoms with Crippen LogP contribution in [0, 0.1) is 0 Å². The molecule has 3 heterocycles. The zero-order chi connectivity index (χ0) is 20.2. The molecule has 1 unspecified atom stereocenters. The largest absolute Gasteiger partial charge is 0.350 e. The van der Waals surface area contributed by atoms with Crippen molar-refractivity contribution in [1.29, 1.82) is 0 Å². The van der Waals surface area contributed by atoms with Crippen LogP contribution in [-0.4, -0.2) is 41.2 Å². The van der Waals surface area contributed by atoms with E-state index >= 15 is 0 Å².